The maximum absolute atomic E-state index is 9.28. The van der Waals surface area contributed by atoms with Crippen LogP contribution in [0.5, 0.6) is 0 Å². The molecule has 1 N–H and O–H groups in total. The lowest BCUT2D eigenvalue weighted by Gasteiger charge is -2.13. The fourth-order valence-corrected chi connectivity index (χ4v) is 2.74. The fraction of sp³-hybridized carbons (Fsp3) is 0.320. The summed E-state index contributed by atoms with van der Waals surface area (Å²) in [5.74, 6) is 1.13. The van der Waals surface area contributed by atoms with Crippen LogP contribution >= 0.6 is 0 Å². The summed E-state index contributed by atoms with van der Waals surface area (Å²) in [6.45, 7) is 18.2. The molecule has 3 heteroatoms. The Balaban J connectivity index is 3.46. The van der Waals surface area contributed by atoms with E-state index in [1.165, 1.54) is 0 Å². The molecule has 0 heterocycles. The van der Waals surface area contributed by atoms with Crippen molar-refractivity contribution >= 4 is 11.9 Å². The van der Waals surface area contributed by atoms with E-state index in [0.717, 1.165) is 44.9 Å². The molecule has 1 aromatic carbocycles. The standard InChI is InChI=1S/C25H33NO2/c1-17(2)13-23(25(19(5)6)20(7)28-8)15-26-24(14-18(3)4)22-11-9-21(16-27)10-12-22/h9-15,18,27H,1,5,16H2,2-4,6-8H3/b23-13+,24-14-,25-20+,26-15-. The molecule has 3 nitrogen and oxygen atoms in total. The largest absolute Gasteiger partial charge is 0.501 e. The molecule has 1 rings (SSSR count). The molecule has 150 valence electrons. The zero-order chi connectivity index (χ0) is 21.3. The Morgan fingerprint density at radius 1 is 1.14 bits per heavy atom. The first kappa shape index (κ1) is 23.4. The highest BCUT2D eigenvalue weighted by molar-refractivity contribution is 5.91. The second-order valence-electron chi connectivity index (χ2n) is 7.27. The van der Waals surface area contributed by atoms with Gasteiger partial charge >= 0.3 is 0 Å². The number of aliphatic hydroxyl groups is 1. The van der Waals surface area contributed by atoms with E-state index in [2.05, 4.69) is 33.1 Å². The first-order valence-electron chi connectivity index (χ1n) is 9.44. The topological polar surface area (TPSA) is 41.8 Å². The maximum Gasteiger partial charge on any atom is 0.101 e. The Bertz CT molecular complexity index is 819. The van der Waals surface area contributed by atoms with Gasteiger partial charge in [0.15, 0.2) is 0 Å². The van der Waals surface area contributed by atoms with Crippen LogP contribution in [-0.2, 0) is 11.3 Å². The van der Waals surface area contributed by atoms with E-state index in [1.54, 1.807) is 7.11 Å². The fourth-order valence-electron chi connectivity index (χ4n) is 2.74. The van der Waals surface area contributed by atoms with Crippen LogP contribution in [0.1, 0.15) is 45.7 Å². The molecule has 0 aliphatic carbocycles. The molecule has 0 saturated heterocycles. The average Bonchev–Trinajstić information content (AvgIpc) is 2.63. The molecule has 0 saturated carbocycles. The molecule has 0 atom stereocenters. The van der Waals surface area contributed by atoms with Crippen molar-refractivity contribution in [3.05, 3.63) is 88.8 Å². The van der Waals surface area contributed by atoms with Crippen molar-refractivity contribution in [2.75, 3.05) is 7.11 Å². The zero-order valence-corrected chi connectivity index (χ0v) is 18.0. The highest BCUT2D eigenvalue weighted by Crippen LogP contribution is 2.25. The number of rotatable bonds is 9. The minimum absolute atomic E-state index is 0.0291. The summed E-state index contributed by atoms with van der Waals surface area (Å²) in [5, 5.41) is 9.28. The summed E-state index contributed by atoms with van der Waals surface area (Å²) in [4.78, 5) is 4.80. The van der Waals surface area contributed by atoms with Crippen molar-refractivity contribution in [1.29, 1.82) is 0 Å². The van der Waals surface area contributed by atoms with Gasteiger partial charge in [-0.3, -0.25) is 4.99 Å². The number of methoxy groups -OCH3 is 1. The molecular formula is C25H33NO2. The Morgan fingerprint density at radius 2 is 1.75 bits per heavy atom. The van der Waals surface area contributed by atoms with Gasteiger partial charge in [-0.05, 0) is 43.4 Å². The summed E-state index contributed by atoms with van der Waals surface area (Å²) in [5.41, 5.74) is 6.41. The quantitative estimate of drug-likeness (QED) is 0.313. The second-order valence-corrected chi connectivity index (χ2v) is 7.27. The predicted molar refractivity (Wildman–Crippen MR) is 121 cm³/mol. The number of ether oxygens (including phenoxy) is 1. The van der Waals surface area contributed by atoms with Gasteiger partial charge in [0.2, 0.25) is 0 Å². The van der Waals surface area contributed by atoms with Crippen molar-refractivity contribution in [2.45, 2.75) is 41.2 Å². The maximum atomic E-state index is 9.28. The summed E-state index contributed by atoms with van der Waals surface area (Å²) >= 11 is 0. The van der Waals surface area contributed by atoms with Gasteiger partial charge in [0.25, 0.3) is 0 Å². The number of nitrogens with zero attached hydrogens (tertiary/aromatic N) is 1. The summed E-state index contributed by atoms with van der Waals surface area (Å²) in [6.07, 6.45) is 5.95. The number of hydrogen-bond donors (Lipinski definition) is 1. The normalized spacial score (nSPS) is 13.7. The van der Waals surface area contributed by atoms with Crippen LogP contribution in [0.4, 0.5) is 0 Å². The molecule has 0 aromatic heterocycles. The van der Waals surface area contributed by atoms with Crippen molar-refractivity contribution in [3.8, 4) is 0 Å². The van der Waals surface area contributed by atoms with E-state index in [4.69, 9.17) is 9.73 Å². The highest BCUT2D eigenvalue weighted by Gasteiger charge is 2.10. The van der Waals surface area contributed by atoms with E-state index in [1.807, 2.05) is 57.3 Å². The van der Waals surface area contributed by atoms with E-state index in [-0.39, 0.29) is 6.61 Å². The first-order valence-corrected chi connectivity index (χ1v) is 9.44. The first-order chi connectivity index (χ1) is 13.2. The van der Waals surface area contributed by atoms with Gasteiger partial charge in [-0.1, -0.05) is 69.0 Å². The Kier molecular flexibility index (Phi) is 9.40. The van der Waals surface area contributed by atoms with Crippen molar-refractivity contribution in [2.24, 2.45) is 10.9 Å². The zero-order valence-electron chi connectivity index (χ0n) is 18.0. The minimum Gasteiger partial charge on any atom is -0.501 e. The van der Waals surface area contributed by atoms with Crippen molar-refractivity contribution < 1.29 is 9.84 Å². The van der Waals surface area contributed by atoms with Gasteiger partial charge in [0.1, 0.15) is 5.76 Å². The van der Waals surface area contributed by atoms with Crippen LogP contribution in [0.2, 0.25) is 0 Å². The average molecular weight is 380 g/mol. The van der Waals surface area contributed by atoms with Gasteiger partial charge < -0.3 is 9.84 Å². The third-order valence-corrected chi connectivity index (χ3v) is 4.04. The molecule has 0 radical (unpaired) electrons. The monoisotopic (exact) mass is 379 g/mol. The summed E-state index contributed by atoms with van der Waals surface area (Å²) in [6, 6.07) is 7.79. The van der Waals surface area contributed by atoms with Crippen LogP contribution in [-0.4, -0.2) is 18.4 Å². The third-order valence-electron chi connectivity index (χ3n) is 4.04. The van der Waals surface area contributed by atoms with Crippen LogP contribution in [0.15, 0.2) is 82.6 Å². The highest BCUT2D eigenvalue weighted by atomic mass is 16.5. The molecule has 28 heavy (non-hydrogen) atoms. The van der Waals surface area contributed by atoms with Gasteiger partial charge in [-0.25, -0.2) is 0 Å². The molecule has 0 spiro atoms. The van der Waals surface area contributed by atoms with Crippen molar-refractivity contribution in [3.63, 3.8) is 0 Å². The van der Waals surface area contributed by atoms with Crippen LogP contribution in [0, 0.1) is 5.92 Å². The second kappa shape index (κ2) is 11.3. The van der Waals surface area contributed by atoms with Crippen LogP contribution in [0.3, 0.4) is 0 Å². The lowest BCUT2D eigenvalue weighted by atomic mass is 9.97. The number of hydrogen-bond acceptors (Lipinski definition) is 3. The van der Waals surface area contributed by atoms with E-state index < -0.39 is 0 Å². The summed E-state index contributed by atoms with van der Waals surface area (Å²) in [7, 11) is 1.65. The summed E-state index contributed by atoms with van der Waals surface area (Å²) < 4.78 is 5.47. The molecular weight excluding hydrogens is 346 g/mol. The Labute approximate surface area is 170 Å². The number of aliphatic hydroxyl groups excluding tert-OH is 1. The van der Waals surface area contributed by atoms with Gasteiger partial charge in [0.05, 0.1) is 19.4 Å². The predicted octanol–water partition coefficient (Wildman–Crippen LogP) is 6.25. The Hall–Kier alpha value is -2.65. The Morgan fingerprint density at radius 3 is 2.18 bits per heavy atom. The minimum atomic E-state index is 0.0291. The molecule has 1 aromatic rings. The molecule has 0 aliphatic heterocycles. The smallest absolute Gasteiger partial charge is 0.101 e. The van der Waals surface area contributed by atoms with Gasteiger partial charge in [0, 0.05) is 17.4 Å². The van der Waals surface area contributed by atoms with E-state index in [0.29, 0.717) is 5.92 Å². The molecule has 0 aliphatic rings. The van der Waals surface area contributed by atoms with Crippen LogP contribution < -0.4 is 0 Å². The van der Waals surface area contributed by atoms with Crippen LogP contribution in [0.25, 0.3) is 5.70 Å². The molecule has 0 fully saturated rings. The van der Waals surface area contributed by atoms with Gasteiger partial charge in [-0.2, -0.15) is 0 Å². The van der Waals surface area contributed by atoms with Gasteiger partial charge in [-0.15, -0.1) is 0 Å². The lowest BCUT2D eigenvalue weighted by Crippen LogP contribution is -2.00. The van der Waals surface area contributed by atoms with Crippen molar-refractivity contribution in [1.82, 2.24) is 0 Å². The van der Waals surface area contributed by atoms with E-state index >= 15 is 0 Å². The molecule has 0 amide bonds. The SMILES string of the molecule is C=C(C)/C=C(\C=N/C(=C\C(C)C)c1ccc(CO)cc1)C(/C(=C)C)=C(\C)OC. The molecule has 0 unspecified atom stereocenters. The lowest BCUT2D eigenvalue weighted by molar-refractivity contribution is 0.282. The number of aliphatic imine (C=N–C) groups is 1. The third kappa shape index (κ3) is 7.16. The van der Waals surface area contributed by atoms with E-state index in [9.17, 15) is 5.11 Å². The number of benzene rings is 1. The molecule has 0 bridgehead atoms. The number of allylic oxidation sites excluding steroid dienone is 7.